The lowest BCUT2D eigenvalue weighted by atomic mass is 10.1. The lowest BCUT2D eigenvalue weighted by Gasteiger charge is -2.10. The first-order valence-electron chi connectivity index (χ1n) is 5.12. The standard InChI is InChI=1S/C12H16O2/c1-10-2-4-12(5-3-10)14-9-11-6-7-13-8-11/h2-5,11H,6-9H2,1H3. The van der Waals surface area contributed by atoms with Crippen LogP contribution in [0.15, 0.2) is 24.3 Å². The third-order valence-electron chi connectivity index (χ3n) is 2.53. The Morgan fingerprint density at radius 1 is 1.36 bits per heavy atom. The molecule has 0 spiro atoms. The van der Waals surface area contributed by atoms with E-state index in [1.54, 1.807) is 0 Å². The van der Waals surface area contributed by atoms with Gasteiger partial charge in [0.1, 0.15) is 5.75 Å². The maximum atomic E-state index is 5.66. The Kier molecular flexibility index (Phi) is 3.04. The van der Waals surface area contributed by atoms with Crippen LogP contribution in [0.2, 0.25) is 0 Å². The highest BCUT2D eigenvalue weighted by Crippen LogP contribution is 2.16. The average Bonchev–Trinajstić information content (AvgIpc) is 2.70. The van der Waals surface area contributed by atoms with Crippen molar-refractivity contribution in [1.82, 2.24) is 0 Å². The van der Waals surface area contributed by atoms with Crippen LogP contribution in [0.4, 0.5) is 0 Å². The first-order valence-corrected chi connectivity index (χ1v) is 5.12. The van der Waals surface area contributed by atoms with E-state index in [1.165, 1.54) is 5.56 Å². The molecule has 0 aliphatic carbocycles. The fraction of sp³-hybridized carbons (Fsp3) is 0.500. The van der Waals surface area contributed by atoms with Gasteiger partial charge in [-0.1, -0.05) is 17.7 Å². The van der Waals surface area contributed by atoms with Crippen molar-refractivity contribution in [2.24, 2.45) is 5.92 Å². The second-order valence-corrected chi connectivity index (χ2v) is 3.85. The van der Waals surface area contributed by atoms with E-state index in [0.717, 1.165) is 32.0 Å². The molecule has 0 bridgehead atoms. The lowest BCUT2D eigenvalue weighted by Crippen LogP contribution is -2.11. The van der Waals surface area contributed by atoms with Gasteiger partial charge >= 0.3 is 0 Å². The SMILES string of the molecule is Cc1ccc(OCC2CCOC2)cc1. The second kappa shape index (κ2) is 4.47. The van der Waals surface area contributed by atoms with Crippen molar-refractivity contribution in [3.63, 3.8) is 0 Å². The smallest absolute Gasteiger partial charge is 0.119 e. The van der Waals surface area contributed by atoms with Crippen LogP contribution in [0.5, 0.6) is 5.75 Å². The molecular weight excluding hydrogens is 176 g/mol. The summed E-state index contributed by atoms with van der Waals surface area (Å²) in [5.74, 6) is 1.54. The number of aryl methyl sites for hydroxylation is 1. The average molecular weight is 192 g/mol. The zero-order valence-electron chi connectivity index (χ0n) is 8.53. The quantitative estimate of drug-likeness (QED) is 0.732. The Morgan fingerprint density at radius 2 is 2.14 bits per heavy atom. The summed E-state index contributed by atoms with van der Waals surface area (Å²) in [6.07, 6.45) is 1.13. The fourth-order valence-corrected chi connectivity index (χ4v) is 1.56. The van der Waals surface area contributed by atoms with Crippen LogP contribution in [-0.4, -0.2) is 19.8 Å². The van der Waals surface area contributed by atoms with Crippen LogP contribution in [0.1, 0.15) is 12.0 Å². The molecule has 0 radical (unpaired) electrons. The number of benzene rings is 1. The molecule has 2 heteroatoms. The lowest BCUT2D eigenvalue weighted by molar-refractivity contribution is 0.167. The summed E-state index contributed by atoms with van der Waals surface area (Å²) in [6, 6.07) is 8.18. The van der Waals surface area contributed by atoms with Crippen LogP contribution in [-0.2, 0) is 4.74 Å². The molecule has 0 N–H and O–H groups in total. The molecule has 1 aliphatic rings. The van der Waals surface area contributed by atoms with Crippen LogP contribution in [0.25, 0.3) is 0 Å². The van der Waals surface area contributed by atoms with Gasteiger partial charge in [-0.25, -0.2) is 0 Å². The van der Waals surface area contributed by atoms with Crippen LogP contribution in [0.3, 0.4) is 0 Å². The minimum absolute atomic E-state index is 0.580. The molecule has 1 atom stereocenters. The predicted molar refractivity (Wildman–Crippen MR) is 55.6 cm³/mol. The molecule has 14 heavy (non-hydrogen) atoms. The Labute approximate surface area is 84.8 Å². The van der Waals surface area contributed by atoms with Gasteiger partial charge < -0.3 is 9.47 Å². The molecule has 2 nitrogen and oxygen atoms in total. The minimum atomic E-state index is 0.580. The summed E-state index contributed by atoms with van der Waals surface area (Å²) < 4.78 is 10.9. The van der Waals surface area contributed by atoms with Crippen molar-refractivity contribution in [2.75, 3.05) is 19.8 Å². The van der Waals surface area contributed by atoms with E-state index in [0.29, 0.717) is 5.92 Å². The molecule has 1 aliphatic heterocycles. The van der Waals surface area contributed by atoms with E-state index in [2.05, 4.69) is 19.1 Å². The van der Waals surface area contributed by atoms with Gasteiger partial charge in [-0.05, 0) is 25.5 Å². The molecule has 1 heterocycles. The third-order valence-corrected chi connectivity index (χ3v) is 2.53. The summed E-state index contributed by atoms with van der Waals surface area (Å²) in [5, 5.41) is 0. The monoisotopic (exact) mass is 192 g/mol. The highest BCUT2D eigenvalue weighted by Gasteiger charge is 2.15. The summed E-state index contributed by atoms with van der Waals surface area (Å²) in [4.78, 5) is 0. The molecule has 1 saturated heterocycles. The van der Waals surface area contributed by atoms with E-state index < -0.39 is 0 Å². The number of hydrogen-bond acceptors (Lipinski definition) is 2. The van der Waals surface area contributed by atoms with E-state index >= 15 is 0 Å². The van der Waals surface area contributed by atoms with E-state index in [9.17, 15) is 0 Å². The van der Waals surface area contributed by atoms with E-state index in [4.69, 9.17) is 9.47 Å². The Hall–Kier alpha value is -1.02. The maximum absolute atomic E-state index is 5.66. The molecule has 1 fully saturated rings. The normalized spacial score (nSPS) is 21.1. The van der Waals surface area contributed by atoms with Gasteiger partial charge in [0.15, 0.2) is 0 Å². The zero-order chi connectivity index (χ0) is 9.80. The minimum Gasteiger partial charge on any atom is -0.493 e. The molecule has 1 aromatic carbocycles. The fourth-order valence-electron chi connectivity index (χ4n) is 1.56. The van der Waals surface area contributed by atoms with E-state index in [-0.39, 0.29) is 0 Å². The molecule has 1 unspecified atom stereocenters. The summed E-state index contributed by atoms with van der Waals surface area (Å²) in [5.41, 5.74) is 1.27. The highest BCUT2D eigenvalue weighted by molar-refractivity contribution is 5.26. The third kappa shape index (κ3) is 2.48. The topological polar surface area (TPSA) is 18.5 Å². The second-order valence-electron chi connectivity index (χ2n) is 3.85. The Balaban J connectivity index is 1.82. The van der Waals surface area contributed by atoms with Gasteiger partial charge in [-0.3, -0.25) is 0 Å². The van der Waals surface area contributed by atoms with Crippen LogP contribution < -0.4 is 4.74 Å². The largest absolute Gasteiger partial charge is 0.493 e. The summed E-state index contributed by atoms with van der Waals surface area (Å²) in [7, 11) is 0. The van der Waals surface area contributed by atoms with Crippen molar-refractivity contribution in [3.8, 4) is 5.75 Å². The molecular formula is C12H16O2. The van der Waals surface area contributed by atoms with Crippen molar-refractivity contribution >= 4 is 0 Å². The molecule has 0 aromatic heterocycles. The number of ether oxygens (including phenoxy) is 2. The van der Waals surface area contributed by atoms with Crippen LogP contribution in [0, 0.1) is 12.8 Å². The predicted octanol–water partition coefficient (Wildman–Crippen LogP) is 2.41. The first kappa shape index (κ1) is 9.53. The molecule has 0 amide bonds. The van der Waals surface area contributed by atoms with Crippen LogP contribution >= 0.6 is 0 Å². The van der Waals surface area contributed by atoms with Crippen molar-refractivity contribution in [2.45, 2.75) is 13.3 Å². The number of rotatable bonds is 3. The molecule has 76 valence electrons. The van der Waals surface area contributed by atoms with Gasteiger partial charge in [-0.2, -0.15) is 0 Å². The highest BCUT2D eigenvalue weighted by atomic mass is 16.5. The number of hydrogen-bond donors (Lipinski definition) is 0. The zero-order valence-corrected chi connectivity index (χ0v) is 8.53. The van der Waals surface area contributed by atoms with Crippen molar-refractivity contribution in [3.05, 3.63) is 29.8 Å². The van der Waals surface area contributed by atoms with Crippen molar-refractivity contribution in [1.29, 1.82) is 0 Å². The van der Waals surface area contributed by atoms with E-state index in [1.807, 2.05) is 12.1 Å². The first-order chi connectivity index (χ1) is 6.84. The van der Waals surface area contributed by atoms with Gasteiger partial charge in [-0.15, -0.1) is 0 Å². The summed E-state index contributed by atoms with van der Waals surface area (Å²) >= 11 is 0. The molecule has 2 rings (SSSR count). The van der Waals surface area contributed by atoms with Gasteiger partial charge in [0.05, 0.1) is 13.2 Å². The Morgan fingerprint density at radius 3 is 2.79 bits per heavy atom. The molecule has 1 aromatic rings. The van der Waals surface area contributed by atoms with Gasteiger partial charge in [0.25, 0.3) is 0 Å². The van der Waals surface area contributed by atoms with Gasteiger partial charge in [0, 0.05) is 12.5 Å². The molecule has 0 saturated carbocycles. The summed E-state index contributed by atoms with van der Waals surface area (Å²) in [6.45, 7) is 4.60. The Bertz CT molecular complexity index is 273. The maximum Gasteiger partial charge on any atom is 0.119 e. The van der Waals surface area contributed by atoms with Crippen molar-refractivity contribution < 1.29 is 9.47 Å². The van der Waals surface area contributed by atoms with Gasteiger partial charge in [0.2, 0.25) is 0 Å².